The number of hydrogen-bond donors (Lipinski definition) is 2. The summed E-state index contributed by atoms with van der Waals surface area (Å²) in [5.41, 5.74) is 5.18. The van der Waals surface area contributed by atoms with Crippen LogP contribution in [-0.2, 0) is 9.47 Å². The van der Waals surface area contributed by atoms with Gasteiger partial charge in [0, 0.05) is 13.1 Å². The van der Waals surface area contributed by atoms with Gasteiger partial charge >= 0.3 is 0 Å². The second-order valence-corrected chi connectivity index (χ2v) is 1.83. The average Bonchev–Trinajstić information content (AvgIpc) is 1.97. The number of ether oxygens (including phenoxy) is 2. The van der Waals surface area contributed by atoms with Gasteiger partial charge in [0.1, 0.15) is 6.79 Å². The Labute approximate surface area is 61.7 Å². The molecule has 0 atom stereocenters. The van der Waals surface area contributed by atoms with Crippen LogP contribution in [0.1, 0.15) is 0 Å². The van der Waals surface area contributed by atoms with Crippen LogP contribution in [0, 0.1) is 0 Å². The summed E-state index contributed by atoms with van der Waals surface area (Å²) < 4.78 is 9.99. The molecule has 0 aliphatic rings. The smallest absolute Gasteiger partial charge is 0.146 e. The third-order valence-corrected chi connectivity index (χ3v) is 0.925. The van der Waals surface area contributed by atoms with E-state index >= 15 is 0 Å². The number of rotatable bonds is 7. The fourth-order valence-corrected chi connectivity index (χ4v) is 0.434. The summed E-state index contributed by atoms with van der Waals surface area (Å²) in [5.74, 6) is 0. The van der Waals surface area contributed by atoms with Gasteiger partial charge in [0.2, 0.25) is 0 Å². The third kappa shape index (κ3) is 7.84. The van der Waals surface area contributed by atoms with E-state index in [1.165, 1.54) is 0 Å². The molecule has 3 N–H and O–H groups in total. The Morgan fingerprint density at radius 2 is 2.00 bits per heavy atom. The molecule has 0 heterocycles. The molecule has 0 fully saturated rings. The molecule has 0 spiro atoms. The molecule has 0 aromatic heterocycles. The second-order valence-electron chi connectivity index (χ2n) is 1.83. The maximum Gasteiger partial charge on any atom is 0.146 e. The van der Waals surface area contributed by atoms with Crippen LogP contribution in [0.3, 0.4) is 0 Å². The molecule has 0 aromatic carbocycles. The van der Waals surface area contributed by atoms with Gasteiger partial charge in [-0.2, -0.15) is 0 Å². The normalized spacial score (nSPS) is 10.2. The number of hydrogen-bond acceptors (Lipinski definition) is 4. The fourth-order valence-electron chi connectivity index (χ4n) is 0.434. The molecule has 4 heteroatoms. The molecule has 62 valence electrons. The molecule has 0 unspecified atom stereocenters. The first-order valence-corrected chi connectivity index (χ1v) is 3.42. The molecule has 0 saturated heterocycles. The lowest BCUT2D eigenvalue weighted by Crippen LogP contribution is -2.16. The average molecular weight is 148 g/mol. The number of nitrogens with one attached hydrogen (secondary N) is 1. The molecule has 0 aliphatic carbocycles. The lowest BCUT2D eigenvalue weighted by atomic mass is 10.7. The zero-order valence-electron chi connectivity index (χ0n) is 6.43. The molecular formula is C6H16N2O2. The topological polar surface area (TPSA) is 56.5 Å². The predicted molar refractivity (Wildman–Crippen MR) is 39.8 cm³/mol. The van der Waals surface area contributed by atoms with Gasteiger partial charge in [-0.25, -0.2) is 0 Å². The Bertz CT molecular complexity index is 53.7. The van der Waals surface area contributed by atoms with Crippen LogP contribution in [0.15, 0.2) is 0 Å². The van der Waals surface area contributed by atoms with Crippen molar-refractivity contribution in [3.63, 3.8) is 0 Å². The van der Waals surface area contributed by atoms with E-state index in [1.54, 1.807) is 0 Å². The highest BCUT2D eigenvalue weighted by Gasteiger charge is 1.84. The van der Waals surface area contributed by atoms with E-state index in [1.807, 2.05) is 7.05 Å². The Kier molecular flexibility index (Phi) is 8.70. The Morgan fingerprint density at radius 3 is 2.60 bits per heavy atom. The van der Waals surface area contributed by atoms with Crippen LogP contribution >= 0.6 is 0 Å². The summed E-state index contributed by atoms with van der Waals surface area (Å²) in [5, 5.41) is 2.95. The van der Waals surface area contributed by atoms with Gasteiger partial charge in [-0.3, -0.25) is 0 Å². The van der Waals surface area contributed by atoms with Crippen molar-refractivity contribution in [2.45, 2.75) is 0 Å². The van der Waals surface area contributed by atoms with Crippen LogP contribution in [0.4, 0.5) is 0 Å². The lowest BCUT2D eigenvalue weighted by Gasteiger charge is -2.03. The highest BCUT2D eigenvalue weighted by Crippen LogP contribution is 1.75. The highest BCUT2D eigenvalue weighted by atomic mass is 16.7. The second kappa shape index (κ2) is 8.84. The quantitative estimate of drug-likeness (QED) is 0.365. The summed E-state index contributed by atoms with van der Waals surface area (Å²) in [4.78, 5) is 0. The third-order valence-electron chi connectivity index (χ3n) is 0.925. The van der Waals surface area contributed by atoms with E-state index < -0.39 is 0 Å². The first kappa shape index (κ1) is 9.84. The van der Waals surface area contributed by atoms with Crippen molar-refractivity contribution < 1.29 is 9.47 Å². The van der Waals surface area contributed by atoms with Crippen LogP contribution in [0.2, 0.25) is 0 Å². The minimum absolute atomic E-state index is 0.346. The summed E-state index contributed by atoms with van der Waals surface area (Å²) in [6.45, 7) is 3.00. The van der Waals surface area contributed by atoms with Crippen LogP contribution in [-0.4, -0.2) is 40.1 Å². The summed E-state index contributed by atoms with van der Waals surface area (Å²) in [7, 11) is 1.88. The standard InChI is InChI=1S/C6H16N2O2/c1-8-3-5-10-6-9-4-2-7/h8H,2-7H2,1H3. The fraction of sp³-hybridized carbons (Fsp3) is 1.00. The minimum atomic E-state index is 0.346. The largest absolute Gasteiger partial charge is 0.354 e. The van der Waals surface area contributed by atoms with Crippen LogP contribution < -0.4 is 11.1 Å². The summed E-state index contributed by atoms with van der Waals surface area (Å²) >= 11 is 0. The van der Waals surface area contributed by atoms with E-state index in [4.69, 9.17) is 15.2 Å². The van der Waals surface area contributed by atoms with Crippen molar-refractivity contribution in [1.82, 2.24) is 5.32 Å². The van der Waals surface area contributed by atoms with E-state index in [2.05, 4.69) is 5.32 Å². The molecule has 10 heavy (non-hydrogen) atoms. The van der Waals surface area contributed by atoms with Gasteiger partial charge in [-0.15, -0.1) is 0 Å². The van der Waals surface area contributed by atoms with Gasteiger partial charge in [-0.05, 0) is 7.05 Å². The summed E-state index contributed by atoms with van der Waals surface area (Å²) in [6.07, 6.45) is 0. The van der Waals surface area contributed by atoms with Gasteiger partial charge in [0.05, 0.1) is 13.2 Å². The SMILES string of the molecule is CNCCOCOCCN. The number of nitrogens with two attached hydrogens (primary N) is 1. The first-order valence-electron chi connectivity index (χ1n) is 3.42. The maximum absolute atomic E-state index is 5.18. The monoisotopic (exact) mass is 148 g/mol. The zero-order chi connectivity index (χ0) is 7.66. The van der Waals surface area contributed by atoms with Crippen molar-refractivity contribution >= 4 is 0 Å². The Hall–Kier alpha value is -0.160. The molecule has 0 rings (SSSR count). The molecule has 0 amide bonds. The molecular weight excluding hydrogens is 132 g/mol. The maximum atomic E-state index is 5.18. The summed E-state index contributed by atoms with van der Waals surface area (Å²) in [6, 6.07) is 0. The van der Waals surface area contributed by atoms with E-state index in [9.17, 15) is 0 Å². The van der Waals surface area contributed by atoms with Crippen LogP contribution in [0.5, 0.6) is 0 Å². The Balaban J connectivity index is 2.65. The first-order chi connectivity index (χ1) is 4.91. The van der Waals surface area contributed by atoms with Crippen molar-refractivity contribution in [3.8, 4) is 0 Å². The molecule has 0 saturated carbocycles. The molecule has 0 aliphatic heterocycles. The van der Waals surface area contributed by atoms with E-state index in [0.29, 0.717) is 26.6 Å². The van der Waals surface area contributed by atoms with Crippen LogP contribution in [0.25, 0.3) is 0 Å². The molecule has 4 nitrogen and oxygen atoms in total. The number of likely N-dealkylation sites (N-methyl/N-ethyl adjacent to an activating group) is 1. The van der Waals surface area contributed by atoms with Crippen molar-refractivity contribution in [1.29, 1.82) is 0 Å². The van der Waals surface area contributed by atoms with E-state index in [-0.39, 0.29) is 0 Å². The van der Waals surface area contributed by atoms with Gasteiger partial charge < -0.3 is 20.5 Å². The van der Waals surface area contributed by atoms with Crippen molar-refractivity contribution in [2.24, 2.45) is 5.73 Å². The highest BCUT2D eigenvalue weighted by molar-refractivity contribution is 4.32. The van der Waals surface area contributed by atoms with Crippen molar-refractivity contribution in [2.75, 3.05) is 40.1 Å². The molecule has 0 bridgehead atoms. The van der Waals surface area contributed by atoms with Gasteiger partial charge in [0.15, 0.2) is 0 Å². The predicted octanol–water partition coefficient (Wildman–Crippen LogP) is -0.845. The molecule has 0 radical (unpaired) electrons. The van der Waals surface area contributed by atoms with Gasteiger partial charge in [-0.1, -0.05) is 0 Å². The minimum Gasteiger partial charge on any atom is -0.354 e. The lowest BCUT2D eigenvalue weighted by molar-refractivity contribution is -0.0493. The Morgan fingerprint density at radius 1 is 1.30 bits per heavy atom. The molecule has 0 aromatic rings. The van der Waals surface area contributed by atoms with Crippen molar-refractivity contribution in [3.05, 3.63) is 0 Å². The zero-order valence-corrected chi connectivity index (χ0v) is 6.43. The van der Waals surface area contributed by atoms with Gasteiger partial charge in [0.25, 0.3) is 0 Å². The van der Waals surface area contributed by atoms with E-state index in [0.717, 1.165) is 6.54 Å².